The molecule has 0 heterocycles. The van der Waals surface area contributed by atoms with Gasteiger partial charge in [0.05, 0.1) is 7.11 Å². The molecule has 1 unspecified atom stereocenters. The normalized spacial score (nSPS) is 14.4. The van der Waals surface area contributed by atoms with E-state index in [1.54, 1.807) is 0 Å². The van der Waals surface area contributed by atoms with Crippen molar-refractivity contribution in [2.45, 2.75) is 31.7 Å². The predicted molar refractivity (Wildman–Crippen MR) is 52.9 cm³/mol. The number of nitrogens with two attached hydrogens (primary N) is 1. The Labute approximate surface area is 92.3 Å². The van der Waals surface area contributed by atoms with Gasteiger partial charge in [0.25, 0.3) is 6.43 Å². The fourth-order valence-electron chi connectivity index (χ4n) is 1.14. The van der Waals surface area contributed by atoms with Crippen LogP contribution in [0.2, 0.25) is 0 Å². The van der Waals surface area contributed by atoms with Gasteiger partial charge < -0.3 is 15.8 Å². The van der Waals surface area contributed by atoms with Crippen LogP contribution < -0.4 is 11.1 Å². The van der Waals surface area contributed by atoms with Gasteiger partial charge in [-0.15, -0.1) is 0 Å². The zero-order valence-electron chi connectivity index (χ0n) is 9.26. The van der Waals surface area contributed by atoms with Gasteiger partial charge in [-0.1, -0.05) is 0 Å². The monoisotopic (exact) mass is 238 g/mol. The molecule has 5 nitrogen and oxygen atoms in total. The highest BCUT2D eigenvalue weighted by Crippen LogP contribution is 2.20. The maximum absolute atomic E-state index is 12.6. The summed E-state index contributed by atoms with van der Waals surface area (Å²) in [6.07, 6.45) is -3.08. The summed E-state index contributed by atoms with van der Waals surface area (Å²) in [6, 6.07) is 0. The van der Waals surface area contributed by atoms with Crippen molar-refractivity contribution in [3.63, 3.8) is 0 Å². The number of rotatable bonds is 6. The van der Waals surface area contributed by atoms with Crippen molar-refractivity contribution in [3.05, 3.63) is 0 Å². The Kier molecular flexibility index (Phi) is 5.87. The van der Waals surface area contributed by atoms with Gasteiger partial charge in [0.2, 0.25) is 5.91 Å². The van der Waals surface area contributed by atoms with E-state index >= 15 is 0 Å². The van der Waals surface area contributed by atoms with Gasteiger partial charge >= 0.3 is 5.97 Å². The molecular formula is C9H16F2N2O3. The standard InChI is InChI=1S/C9H16F2N2O3/c1-6(14)13-5-3-4-9(12,7(10)11)8(15)16-2/h7H,3-5,12H2,1-2H3,(H,13,14). The molecule has 0 aromatic heterocycles. The van der Waals surface area contributed by atoms with Crippen LogP contribution in [0.25, 0.3) is 0 Å². The number of halogens is 2. The molecule has 3 N–H and O–H groups in total. The van der Waals surface area contributed by atoms with E-state index < -0.39 is 17.9 Å². The Balaban J connectivity index is 4.24. The van der Waals surface area contributed by atoms with Crippen molar-refractivity contribution in [1.29, 1.82) is 0 Å². The van der Waals surface area contributed by atoms with Gasteiger partial charge in [-0.25, -0.2) is 13.6 Å². The van der Waals surface area contributed by atoms with Crippen molar-refractivity contribution in [2.75, 3.05) is 13.7 Å². The zero-order chi connectivity index (χ0) is 12.8. The Morgan fingerprint density at radius 2 is 2.06 bits per heavy atom. The average molecular weight is 238 g/mol. The highest BCUT2D eigenvalue weighted by atomic mass is 19.3. The molecular weight excluding hydrogens is 222 g/mol. The smallest absolute Gasteiger partial charge is 0.331 e. The van der Waals surface area contributed by atoms with Gasteiger partial charge in [-0.3, -0.25) is 4.79 Å². The average Bonchev–Trinajstić information content (AvgIpc) is 2.22. The van der Waals surface area contributed by atoms with E-state index in [9.17, 15) is 18.4 Å². The number of methoxy groups -OCH3 is 1. The fraction of sp³-hybridized carbons (Fsp3) is 0.778. The summed E-state index contributed by atoms with van der Waals surface area (Å²) in [7, 11) is 1.00. The summed E-state index contributed by atoms with van der Waals surface area (Å²) < 4.78 is 29.4. The summed E-state index contributed by atoms with van der Waals surface area (Å²) in [4.78, 5) is 21.6. The third-order valence-electron chi connectivity index (χ3n) is 2.10. The number of carbonyl (C=O) groups excluding carboxylic acids is 2. The van der Waals surface area contributed by atoms with E-state index in [4.69, 9.17) is 5.73 Å². The minimum absolute atomic E-state index is 0.176. The second-order valence-corrected chi connectivity index (χ2v) is 3.42. The molecule has 1 amide bonds. The molecule has 7 heteroatoms. The lowest BCUT2D eigenvalue weighted by Crippen LogP contribution is -2.55. The molecule has 94 valence electrons. The largest absolute Gasteiger partial charge is 0.467 e. The Bertz CT molecular complexity index is 261. The maximum Gasteiger partial charge on any atom is 0.331 e. The van der Waals surface area contributed by atoms with Gasteiger partial charge in [0.15, 0.2) is 5.54 Å². The highest BCUT2D eigenvalue weighted by molar-refractivity contribution is 5.81. The molecule has 16 heavy (non-hydrogen) atoms. The van der Waals surface area contributed by atoms with Crippen LogP contribution in [0, 0.1) is 0 Å². The van der Waals surface area contributed by atoms with E-state index in [1.807, 2.05) is 0 Å². The summed E-state index contributed by atoms with van der Waals surface area (Å²) in [5.74, 6) is -1.41. The van der Waals surface area contributed by atoms with E-state index in [0.29, 0.717) is 0 Å². The first-order valence-corrected chi connectivity index (χ1v) is 4.74. The molecule has 0 saturated heterocycles. The number of carbonyl (C=O) groups is 2. The van der Waals surface area contributed by atoms with E-state index in [1.165, 1.54) is 6.92 Å². The third kappa shape index (κ3) is 4.09. The summed E-state index contributed by atoms with van der Waals surface area (Å²) in [5, 5.41) is 2.42. The molecule has 0 aliphatic heterocycles. The number of amides is 1. The number of nitrogens with one attached hydrogen (secondary N) is 1. The predicted octanol–water partition coefficient (Wildman–Crippen LogP) is 0.0383. The topological polar surface area (TPSA) is 81.4 Å². The molecule has 0 aromatic rings. The van der Waals surface area contributed by atoms with Crippen molar-refractivity contribution in [1.82, 2.24) is 5.32 Å². The minimum Gasteiger partial charge on any atom is -0.467 e. The molecule has 0 aliphatic carbocycles. The Morgan fingerprint density at radius 3 is 2.44 bits per heavy atom. The van der Waals surface area contributed by atoms with Crippen LogP contribution in [-0.2, 0) is 14.3 Å². The van der Waals surface area contributed by atoms with E-state index in [0.717, 1.165) is 7.11 Å². The number of esters is 1. The first kappa shape index (κ1) is 14.8. The van der Waals surface area contributed by atoms with Gasteiger partial charge in [-0.05, 0) is 12.8 Å². The summed E-state index contributed by atoms with van der Waals surface area (Å²) in [6.45, 7) is 1.50. The summed E-state index contributed by atoms with van der Waals surface area (Å²) in [5.41, 5.74) is 2.98. The van der Waals surface area contributed by atoms with Crippen LogP contribution >= 0.6 is 0 Å². The van der Waals surface area contributed by atoms with Crippen LogP contribution in [-0.4, -0.2) is 37.5 Å². The number of hydrogen-bond acceptors (Lipinski definition) is 4. The van der Waals surface area contributed by atoms with Crippen LogP contribution in [0.5, 0.6) is 0 Å². The second kappa shape index (κ2) is 6.37. The van der Waals surface area contributed by atoms with E-state index in [2.05, 4.69) is 10.1 Å². The molecule has 0 aromatic carbocycles. The third-order valence-corrected chi connectivity index (χ3v) is 2.10. The lowest BCUT2D eigenvalue weighted by molar-refractivity contribution is -0.153. The molecule has 0 rings (SSSR count). The molecule has 0 bridgehead atoms. The highest BCUT2D eigenvalue weighted by Gasteiger charge is 2.44. The molecule has 0 aliphatic rings. The molecule has 0 spiro atoms. The lowest BCUT2D eigenvalue weighted by atomic mass is 9.95. The molecule has 0 radical (unpaired) electrons. The maximum atomic E-state index is 12.6. The molecule has 1 atom stereocenters. The van der Waals surface area contributed by atoms with Crippen LogP contribution in [0.4, 0.5) is 8.78 Å². The van der Waals surface area contributed by atoms with Crippen LogP contribution in [0.3, 0.4) is 0 Å². The number of hydrogen-bond donors (Lipinski definition) is 2. The van der Waals surface area contributed by atoms with Crippen molar-refractivity contribution < 1.29 is 23.1 Å². The second-order valence-electron chi connectivity index (χ2n) is 3.42. The number of alkyl halides is 2. The van der Waals surface area contributed by atoms with Crippen molar-refractivity contribution >= 4 is 11.9 Å². The van der Waals surface area contributed by atoms with Crippen molar-refractivity contribution in [3.8, 4) is 0 Å². The van der Waals surface area contributed by atoms with Crippen LogP contribution in [0.1, 0.15) is 19.8 Å². The van der Waals surface area contributed by atoms with Crippen LogP contribution in [0.15, 0.2) is 0 Å². The van der Waals surface area contributed by atoms with Gasteiger partial charge in [0, 0.05) is 13.5 Å². The molecule has 0 saturated carbocycles. The Morgan fingerprint density at radius 1 is 1.50 bits per heavy atom. The zero-order valence-corrected chi connectivity index (χ0v) is 9.26. The summed E-state index contributed by atoms with van der Waals surface area (Å²) >= 11 is 0. The van der Waals surface area contributed by atoms with Gasteiger partial charge in [-0.2, -0.15) is 0 Å². The quantitative estimate of drug-likeness (QED) is 0.505. The van der Waals surface area contributed by atoms with E-state index in [-0.39, 0.29) is 25.3 Å². The lowest BCUT2D eigenvalue weighted by Gasteiger charge is -2.25. The Hall–Kier alpha value is -1.24. The molecule has 0 fully saturated rings. The SMILES string of the molecule is COC(=O)C(N)(CCCNC(C)=O)C(F)F. The minimum atomic E-state index is -3.00. The first-order chi connectivity index (χ1) is 7.34. The van der Waals surface area contributed by atoms with Gasteiger partial charge in [0.1, 0.15) is 0 Å². The first-order valence-electron chi connectivity index (χ1n) is 4.74. The van der Waals surface area contributed by atoms with Crippen molar-refractivity contribution in [2.24, 2.45) is 5.73 Å². The fourth-order valence-corrected chi connectivity index (χ4v) is 1.14. The number of ether oxygens (including phenoxy) is 1.